The number of hydrogen-bond donors (Lipinski definition) is 2. The Hall–Kier alpha value is -1.34. The van der Waals surface area contributed by atoms with Gasteiger partial charge in [-0.2, -0.15) is 0 Å². The minimum absolute atomic E-state index is 0.273. The summed E-state index contributed by atoms with van der Waals surface area (Å²) < 4.78 is 10.7. The molecule has 23 heavy (non-hydrogen) atoms. The molecule has 0 aliphatic carbocycles. The molecule has 2 aliphatic heterocycles. The van der Waals surface area contributed by atoms with E-state index in [1.54, 1.807) is 6.07 Å². The van der Waals surface area contributed by atoms with Crippen molar-refractivity contribution in [3.05, 3.63) is 22.8 Å². The summed E-state index contributed by atoms with van der Waals surface area (Å²) in [5.74, 6) is 0.576. The van der Waals surface area contributed by atoms with Gasteiger partial charge in [-0.3, -0.25) is 9.80 Å². The van der Waals surface area contributed by atoms with Crippen LogP contribution in [0.4, 0.5) is 0 Å². The van der Waals surface area contributed by atoms with Crippen molar-refractivity contribution in [2.24, 2.45) is 0 Å². The van der Waals surface area contributed by atoms with E-state index in [9.17, 15) is 10.2 Å². The molecule has 2 fully saturated rings. The van der Waals surface area contributed by atoms with Crippen molar-refractivity contribution in [3.8, 4) is 11.5 Å². The predicted molar refractivity (Wildman–Crippen MR) is 86.7 cm³/mol. The molecule has 2 saturated heterocycles. The molecule has 0 aromatic heterocycles. The van der Waals surface area contributed by atoms with Crippen LogP contribution in [0.2, 0.25) is 0 Å². The summed E-state index contributed by atoms with van der Waals surface area (Å²) in [6, 6.07) is 1.72. The first kappa shape index (κ1) is 16.5. The number of hydrogen-bond acceptors (Lipinski definition) is 6. The molecule has 0 unspecified atom stereocenters. The quantitative estimate of drug-likeness (QED) is 0.809. The van der Waals surface area contributed by atoms with Crippen LogP contribution in [0.25, 0.3) is 0 Å². The highest BCUT2D eigenvalue weighted by Gasteiger charge is 2.20. The Kier molecular flexibility index (Phi) is 5.38. The minimum Gasteiger partial charge on any atom is -0.508 e. The fourth-order valence-corrected chi connectivity index (χ4v) is 3.20. The Labute approximate surface area is 137 Å². The van der Waals surface area contributed by atoms with Crippen molar-refractivity contribution < 1.29 is 19.7 Å². The van der Waals surface area contributed by atoms with Gasteiger partial charge in [0.25, 0.3) is 0 Å². The summed E-state index contributed by atoms with van der Waals surface area (Å²) in [6.07, 6.45) is 0. The lowest BCUT2D eigenvalue weighted by atomic mass is 10.0. The van der Waals surface area contributed by atoms with E-state index in [1.165, 1.54) is 0 Å². The molecule has 2 aliphatic rings. The Morgan fingerprint density at radius 1 is 0.913 bits per heavy atom. The third-order valence-electron chi connectivity index (χ3n) is 4.72. The number of nitrogens with zero attached hydrogens (tertiary/aromatic N) is 2. The molecule has 0 bridgehead atoms. The third kappa shape index (κ3) is 3.95. The number of phenolic OH excluding ortho intramolecular Hbond substituents is 2. The Balaban J connectivity index is 1.75. The molecule has 0 saturated carbocycles. The minimum atomic E-state index is 0.273. The van der Waals surface area contributed by atoms with Crippen LogP contribution in [0, 0.1) is 6.92 Å². The standard InChI is InChI=1S/C17H26N2O4/c1-13-15(12-19-4-8-23-9-5-19)16(20)10-14(17(13)21)11-18-2-6-22-7-3-18/h10,20-21H,2-9,11-12H2,1H3. The first-order valence-electron chi connectivity index (χ1n) is 8.28. The van der Waals surface area contributed by atoms with Gasteiger partial charge in [0.1, 0.15) is 11.5 Å². The predicted octanol–water partition coefficient (Wildman–Crippen LogP) is 1.07. The summed E-state index contributed by atoms with van der Waals surface area (Å²) in [4.78, 5) is 4.48. The fourth-order valence-electron chi connectivity index (χ4n) is 3.20. The molecule has 2 heterocycles. The number of rotatable bonds is 4. The zero-order valence-corrected chi connectivity index (χ0v) is 13.8. The van der Waals surface area contributed by atoms with Crippen molar-refractivity contribution in [2.75, 3.05) is 52.6 Å². The van der Waals surface area contributed by atoms with Gasteiger partial charge in [-0.1, -0.05) is 0 Å². The molecule has 0 radical (unpaired) electrons. The lowest BCUT2D eigenvalue weighted by molar-refractivity contribution is 0.0331. The lowest BCUT2D eigenvalue weighted by Crippen LogP contribution is -2.36. The van der Waals surface area contributed by atoms with E-state index in [0.717, 1.165) is 69.3 Å². The summed E-state index contributed by atoms with van der Waals surface area (Å²) >= 11 is 0. The SMILES string of the molecule is Cc1c(O)c(CN2CCOCC2)cc(O)c1CN1CCOCC1. The molecule has 128 valence electrons. The summed E-state index contributed by atoms with van der Waals surface area (Å²) in [5.41, 5.74) is 2.38. The van der Waals surface area contributed by atoms with Crippen LogP contribution in [0.3, 0.4) is 0 Å². The van der Waals surface area contributed by atoms with E-state index in [-0.39, 0.29) is 5.75 Å². The van der Waals surface area contributed by atoms with Crippen LogP contribution < -0.4 is 0 Å². The monoisotopic (exact) mass is 322 g/mol. The van der Waals surface area contributed by atoms with Gasteiger partial charge in [0.05, 0.1) is 26.4 Å². The fraction of sp³-hybridized carbons (Fsp3) is 0.647. The van der Waals surface area contributed by atoms with Crippen molar-refractivity contribution >= 4 is 0 Å². The lowest BCUT2D eigenvalue weighted by Gasteiger charge is -2.29. The number of ether oxygens (including phenoxy) is 2. The number of benzene rings is 1. The Morgan fingerprint density at radius 2 is 1.43 bits per heavy atom. The second kappa shape index (κ2) is 7.49. The van der Waals surface area contributed by atoms with E-state index in [4.69, 9.17) is 9.47 Å². The highest BCUT2D eigenvalue weighted by molar-refractivity contribution is 5.52. The molecule has 6 heteroatoms. The van der Waals surface area contributed by atoms with E-state index in [1.807, 2.05) is 6.92 Å². The zero-order chi connectivity index (χ0) is 16.2. The second-order valence-corrected chi connectivity index (χ2v) is 6.28. The molecule has 6 nitrogen and oxygen atoms in total. The topological polar surface area (TPSA) is 65.4 Å². The maximum Gasteiger partial charge on any atom is 0.123 e. The van der Waals surface area contributed by atoms with E-state index in [0.29, 0.717) is 18.8 Å². The summed E-state index contributed by atoms with van der Waals surface area (Å²) in [7, 11) is 0. The van der Waals surface area contributed by atoms with Crippen LogP contribution in [-0.2, 0) is 22.6 Å². The second-order valence-electron chi connectivity index (χ2n) is 6.28. The van der Waals surface area contributed by atoms with Crippen molar-refractivity contribution in [1.29, 1.82) is 0 Å². The summed E-state index contributed by atoms with van der Waals surface area (Å²) in [6.45, 7) is 9.49. The van der Waals surface area contributed by atoms with E-state index >= 15 is 0 Å². The third-order valence-corrected chi connectivity index (χ3v) is 4.72. The molecular weight excluding hydrogens is 296 g/mol. The smallest absolute Gasteiger partial charge is 0.123 e. The van der Waals surface area contributed by atoms with Crippen molar-refractivity contribution in [3.63, 3.8) is 0 Å². The van der Waals surface area contributed by atoms with Gasteiger partial charge in [0.15, 0.2) is 0 Å². The molecule has 0 amide bonds. The van der Waals surface area contributed by atoms with Gasteiger partial charge in [-0.05, 0) is 18.6 Å². The highest BCUT2D eigenvalue weighted by Crippen LogP contribution is 2.34. The number of phenols is 2. The Bertz CT molecular complexity index is 538. The first-order chi connectivity index (χ1) is 11.1. The van der Waals surface area contributed by atoms with E-state index < -0.39 is 0 Å². The van der Waals surface area contributed by atoms with Crippen LogP contribution in [0.1, 0.15) is 16.7 Å². The summed E-state index contributed by atoms with van der Waals surface area (Å²) in [5, 5.41) is 21.0. The first-order valence-corrected chi connectivity index (χ1v) is 8.28. The van der Waals surface area contributed by atoms with Crippen molar-refractivity contribution in [1.82, 2.24) is 9.80 Å². The molecule has 1 aromatic rings. The van der Waals surface area contributed by atoms with Gasteiger partial charge in [0, 0.05) is 50.4 Å². The van der Waals surface area contributed by atoms with Crippen LogP contribution in [0.15, 0.2) is 6.07 Å². The van der Waals surface area contributed by atoms with Crippen LogP contribution in [0.5, 0.6) is 11.5 Å². The average molecular weight is 322 g/mol. The van der Waals surface area contributed by atoms with Gasteiger partial charge in [0.2, 0.25) is 0 Å². The molecule has 1 aromatic carbocycles. The molecule has 2 N–H and O–H groups in total. The van der Waals surface area contributed by atoms with Crippen LogP contribution in [-0.4, -0.2) is 72.6 Å². The maximum atomic E-state index is 10.6. The molecule has 0 atom stereocenters. The Morgan fingerprint density at radius 3 is 2.00 bits per heavy atom. The van der Waals surface area contributed by atoms with E-state index in [2.05, 4.69) is 9.80 Å². The van der Waals surface area contributed by atoms with Gasteiger partial charge >= 0.3 is 0 Å². The normalized spacial score (nSPS) is 20.7. The highest BCUT2D eigenvalue weighted by atomic mass is 16.5. The van der Waals surface area contributed by atoms with Crippen LogP contribution >= 0.6 is 0 Å². The van der Waals surface area contributed by atoms with Crippen molar-refractivity contribution in [2.45, 2.75) is 20.0 Å². The molecule has 0 spiro atoms. The number of aromatic hydroxyl groups is 2. The zero-order valence-electron chi connectivity index (χ0n) is 13.8. The molecule has 3 rings (SSSR count). The molecular formula is C17H26N2O4. The van der Waals surface area contributed by atoms with Gasteiger partial charge < -0.3 is 19.7 Å². The largest absolute Gasteiger partial charge is 0.508 e. The van der Waals surface area contributed by atoms with Gasteiger partial charge in [-0.15, -0.1) is 0 Å². The number of morpholine rings is 2. The average Bonchev–Trinajstić information content (AvgIpc) is 2.58. The maximum absolute atomic E-state index is 10.6. The van der Waals surface area contributed by atoms with Gasteiger partial charge in [-0.25, -0.2) is 0 Å².